The number of imide groups is 1. The molecule has 0 spiro atoms. The van der Waals surface area contributed by atoms with Crippen molar-refractivity contribution in [2.75, 3.05) is 58.4 Å². The lowest BCUT2D eigenvalue weighted by Gasteiger charge is -2.27. The summed E-state index contributed by atoms with van der Waals surface area (Å²) in [5.74, 6) is -0.927. The molecule has 9 nitrogen and oxygen atoms in total. The van der Waals surface area contributed by atoms with E-state index in [1.807, 2.05) is 49.5 Å². The summed E-state index contributed by atoms with van der Waals surface area (Å²) in [6.07, 6.45) is 0.817. The lowest BCUT2D eigenvalue weighted by molar-refractivity contribution is -0.144. The number of carbonyl (C=O) groups excluding carboxylic acids is 3. The summed E-state index contributed by atoms with van der Waals surface area (Å²) in [4.78, 5) is 40.7. The Labute approximate surface area is 273 Å². The standard InChI is InChI=1S/C38H39N3O6/c1-39-18-20-45-22-23-46-21-19-41-37(43)31-13-6-12-30-34(16-15-32(36(30)31)38(41)44)40-17-7-14-35(42)47-25-33-28-10-4-2-8-26(28)24-27-9-3-5-11-29(27)33/h2-6,8-13,15-16,24,39-40H,7,14,17-23,25H2,1H3. The summed E-state index contributed by atoms with van der Waals surface area (Å²) in [5, 5.41) is 12.2. The van der Waals surface area contributed by atoms with E-state index >= 15 is 0 Å². The molecule has 9 heteroatoms. The van der Waals surface area contributed by atoms with Gasteiger partial charge < -0.3 is 24.8 Å². The van der Waals surface area contributed by atoms with E-state index in [9.17, 15) is 14.4 Å². The molecule has 242 valence electrons. The van der Waals surface area contributed by atoms with Gasteiger partial charge in [-0.1, -0.05) is 60.7 Å². The molecule has 2 N–H and O–H groups in total. The molecule has 0 radical (unpaired) electrons. The van der Waals surface area contributed by atoms with E-state index in [2.05, 4.69) is 41.0 Å². The van der Waals surface area contributed by atoms with Crippen LogP contribution in [0.15, 0.2) is 84.9 Å². The zero-order valence-corrected chi connectivity index (χ0v) is 26.6. The van der Waals surface area contributed by atoms with Crippen molar-refractivity contribution in [1.29, 1.82) is 0 Å². The summed E-state index contributed by atoms with van der Waals surface area (Å²) < 4.78 is 16.8. The summed E-state index contributed by atoms with van der Waals surface area (Å²) in [6.45, 7) is 3.33. The number of likely N-dealkylation sites (N-methyl/N-ethyl adjacent to an activating group) is 1. The molecule has 1 aliphatic rings. The average Bonchev–Trinajstić information content (AvgIpc) is 3.10. The Morgan fingerprint density at radius 3 is 2.11 bits per heavy atom. The van der Waals surface area contributed by atoms with Crippen LogP contribution < -0.4 is 10.6 Å². The van der Waals surface area contributed by atoms with Gasteiger partial charge in [-0.2, -0.15) is 0 Å². The second-order valence-electron chi connectivity index (χ2n) is 11.5. The lowest BCUT2D eigenvalue weighted by atomic mass is 9.93. The Balaban J connectivity index is 1.03. The molecule has 5 aromatic rings. The number of fused-ring (bicyclic) bond motifs is 2. The SMILES string of the molecule is CNCCOCCOCCN1C(=O)c2cccc3c(NCCCC(=O)OCc4c5ccccc5cc5ccccc45)ccc(c23)C1=O. The molecule has 0 aliphatic carbocycles. The molecule has 6 rings (SSSR count). The molecule has 5 aromatic carbocycles. The zero-order valence-electron chi connectivity index (χ0n) is 26.6. The highest BCUT2D eigenvalue weighted by atomic mass is 16.5. The van der Waals surface area contributed by atoms with Gasteiger partial charge in [0.25, 0.3) is 11.8 Å². The van der Waals surface area contributed by atoms with Gasteiger partial charge in [-0.05, 0) is 59.3 Å². The van der Waals surface area contributed by atoms with Crippen LogP contribution in [0.3, 0.4) is 0 Å². The van der Waals surface area contributed by atoms with Gasteiger partial charge >= 0.3 is 5.97 Å². The third-order valence-electron chi connectivity index (χ3n) is 8.45. The maximum Gasteiger partial charge on any atom is 0.306 e. The highest BCUT2D eigenvalue weighted by Gasteiger charge is 2.33. The first kappa shape index (κ1) is 32.1. The van der Waals surface area contributed by atoms with E-state index in [4.69, 9.17) is 14.2 Å². The van der Waals surface area contributed by atoms with Crippen LogP contribution in [-0.4, -0.2) is 75.8 Å². The van der Waals surface area contributed by atoms with E-state index in [1.165, 1.54) is 4.90 Å². The number of amides is 2. The first-order chi connectivity index (χ1) is 23.1. The van der Waals surface area contributed by atoms with Crippen LogP contribution in [0.2, 0.25) is 0 Å². The number of hydrogen-bond donors (Lipinski definition) is 2. The van der Waals surface area contributed by atoms with Crippen LogP contribution >= 0.6 is 0 Å². The van der Waals surface area contributed by atoms with Crippen LogP contribution in [0.5, 0.6) is 0 Å². The van der Waals surface area contributed by atoms with Crippen LogP contribution in [-0.2, 0) is 25.6 Å². The van der Waals surface area contributed by atoms with Crippen molar-refractivity contribution in [1.82, 2.24) is 10.2 Å². The van der Waals surface area contributed by atoms with E-state index in [1.54, 1.807) is 12.1 Å². The number of hydrogen-bond acceptors (Lipinski definition) is 8. The molecule has 0 saturated carbocycles. The minimum absolute atomic E-state index is 0.164. The van der Waals surface area contributed by atoms with Gasteiger partial charge in [0.05, 0.1) is 33.0 Å². The van der Waals surface area contributed by atoms with Crippen molar-refractivity contribution in [3.8, 4) is 0 Å². The number of esters is 1. The molecular weight excluding hydrogens is 594 g/mol. The second kappa shape index (κ2) is 15.2. The highest BCUT2D eigenvalue weighted by molar-refractivity contribution is 6.26. The molecule has 0 atom stereocenters. The van der Waals surface area contributed by atoms with Gasteiger partial charge in [-0.3, -0.25) is 19.3 Å². The molecule has 0 bridgehead atoms. The van der Waals surface area contributed by atoms with Gasteiger partial charge in [0.2, 0.25) is 0 Å². The molecular formula is C38H39N3O6. The van der Waals surface area contributed by atoms with Crippen LogP contribution in [0.25, 0.3) is 32.3 Å². The van der Waals surface area contributed by atoms with E-state index in [0.717, 1.165) is 44.7 Å². The Morgan fingerprint density at radius 1 is 0.723 bits per heavy atom. The monoisotopic (exact) mass is 633 g/mol. The number of benzene rings is 5. The Kier molecular flexibility index (Phi) is 10.4. The molecule has 0 aromatic heterocycles. The van der Waals surface area contributed by atoms with Gasteiger partial charge in [-0.25, -0.2) is 0 Å². The molecule has 1 heterocycles. The second-order valence-corrected chi connectivity index (χ2v) is 11.5. The third kappa shape index (κ3) is 7.12. The number of rotatable bonds is 16. The van der Waals surface area contributed by atoms with Crippen molar-refractivity contribution < 1.29 is 28.6 Å². The smallest absolute Gasteiger partial charge is 0.306 e. The van der Waals surface area contributed by atoms with Crippen LogP contribution in [0.1, 0.15) is 39.1 Å². The minimum atomic E-state index is -0.333. The third-order valence-corrected chi connectivity index (χ3v) is 8.45. The topological polar surface area (TPSA) is 106 Å². The fourth-order valence-corrected chi connectivity index (χ4v) is 6.10. The molecule has 0 unspecified atom stereocenters. The number of carbonyl (C=O) groups is 3. The zero-order chi connectivity index (χ0) is 32.6. The highest BCUT2D eigenvalue weighted by Crippen LogP contribution is 2.34. The summed E-state index contributed by atoms with van der Waals surface area (Å²) in [7, 11) is 1.86. The molecule has 0 saturated heterocycles. The van der Waals surface area contributed by atoms with E-state index in [-0.39, 0.29) is 44.0 Å². The largest absolute Gasteiger partial charge is 0.461 e. The van der Waals surface area contributed by atoms with Crippen molar-refractivity contribution in [3.05, 3.63) is 102 Å². The Morgan fingerprint density at radius 2 is 1.38 bits per heavy atom. The molecule has 0 fully saturated rings. The first-order valence-corrected chi connectivity index (χ1v) is 16.1. The van der Waals surface area contributed by atoms with Crippen molar-refractivity contribution >= 4 is 55.8 Å². The summed E-state index contributed by atoms with van der Waals surface area (Å²) >= 11 is 0. The number of anilines is 1. The van der Waals surface area contributed by atoms with Crippen LogP contribution in [0.4, 0.5) is 5.69 Å². The first-order valence-electron chi connectivity index (χ1n) is 16.1. The number of ether oxygens (including phenoxy) is 3. The minimum Gasteiger partial charge on any atom is -0.461 e. The Hall–Kier alpha value is -4.83. The van der Waals surface area contributed by atoms with E-state index in [0.29, 0.717) is 49.3 Å². The molecule has 47 heavy (non-hydrogen) atoms. The Bertz CT molecular complexity index is 1850. The number of nitrogens with one attached hydrogen (secondary N) is 2. The van der Waals surface area contributed by atoms with E-state index < -0.39 is 0 Å². The van der Waals surface area contributed by atoms with Crippen molar-refractivity contribution in [2.45, 2.75) is 19.4 Å². The molecule has 2 amide bonds. The van der Waals surface area contributed by atoms with Crippen LogP contribution in [0, 0.1) is 0 Å². The van der Waals surface area contributed by atoms with Gasteiger partial charge in [0, 0.05) is 52.7 Å². The predicted molar refractivity (Wildman–Crippen MR) is 184 cm³/mol. The lowest BCUT2D eigenvalue weighted by Crippen LogP contribution is -2.42. The van der Waals surface area contributed by atoms with Gasteiger partial charge in [0.15, 0.2) is 0 Å². The van der Waals surface area contributed by atoms with Gasteiger partial charge in [-0.15, -0.1) is 0 Å². The van der Waals surface area contributed by atoms with Crippen molar-refractivity contribution in [3.63, 3.8) is 0 Å². The summed E-state index contributed by atoms with van der Waals surface area (Å²) in [6, 6.07) is 27.6. The number of nitrogens with zero attached hydrogens (tertiary/aromatic N) is 1. The normalized spacial score (nSPS) is 12.7. The predicted octanol–water partition coefficient (Wildman–Crippen LogP) is 5.93. The molecule has 1 aliphatic heterocycles. The average molecular weight is 634 g/mol. The summed E-state index contributed by atoms with van der Waals surface area (Å²) in [5.41, 5.74) is 2.78. The quantitative estimate of drug-likeness (QED) is 0.0596. The van der Waals surface area contributed by atoms with Crippen molar-refractivity contribution in [2.24, 2.45) is 0 Å². The van der Waals surface area contributed by atoms with Gasteiger partial charge in [0.1, 0.15) is 6.61 Å². The fourth-order valence-electron chi connectivity index (χ4n) is 6.10. The fraction of sp³-hybridized carbons (Fsp3) is 0.289. The maximum atomic E-state index is 13.4. The maximum absolute atomic E-state index is 13.4.